The molecule has 1 aromatic rings. The van der Waals surface area contributed by atoms with Gasteiger partial charge in [-0.05, 0) is 57.2 Å². The van der Waals surface area contributed by atoms with Gasteiger partial charge in [0, 0.05) is 45.3 Å². The number of guanidine groups is 1. The van der Waals surface area contributed by atoms with Crippen molar-refractivity contribution in [2.45, 2.75) is 44.9 Å². The van der Waals surface area contributed by atoms with Gasteiger partial charge < -0.3 is 24.4 Å². The molecule has 31 heavy (non-hydrogen) atoms. The maximum absolute atomic E-state index is 12.2. The molecule has 0 spiro atoms. The van der Waals surface area contributed by atoms with Crippen LogP contribution in [0, 0.1) is 5.92 Å². The molecule has 2 aliphatic rings. The summed E-state index contributed by atoms with van der Waals surface area (Å²) in [4.78, 5) is 19.0. The van der Waals surface area contributed by atoms with Crippen molar-refractivity contribution in [2.24, 2.45) is 10.9 Å². The Kier molecular flexibility index (Phi) is 8.58. The Morgan fingerprint density at radius 3 is 2.61 bits per heavy atom. The lowest BCUT2D eigenvalue weighted by Gasteiger charge is -2.40. The molecule has 2 heterocycles. The predicted octanol–water partition coefficient (Wildman–Crippen LogP) is 2.98. The van der Waals surface area contributed by atoms with Crippen molar-refractivity contribution in [1.82, 2.24) is 10.2 Å². The third-order valence-corrected chi connectivity index (χ3v) is 6.37. The van der Waals surface area contributed by atoms with Crippen LogP contribution >= 0.6 is 0 Å². The van der Waals surface area contributed by atoms with Crippen LogP contribution in [0.5, 0.6) is 5.75 Å². The first-order chi connectivity index (χ1) is 15.1. The quantitative estimate of drug-likeness (QED) is 0.407. The molecule has 1 atom stereocenters. The molecule has 0 saturated carbocycles. The molecule has 2 aliphatic heterocycles. The van der Waals surface area contributed by atoms with Crippen LogP contribution < -0.4 is 10.1 Å². The van der Waals surface area contributed by atoms with Crippen LogP contribution in [0.3, 0.4) is 0 Å². The van der Waals surface area contributed by atoms with Crippen molar-refractivity contribution >= 4 is 11.9 Å². The summed E-state index contributed by atoms with van der Waals surface area (Å²) in [5.41, 5.74) is 1.28. The summed E-state index contributed by atoms with van der Waals surface area (Å²) >= 11 is 0. The highest BCUT2D eigenvalue weighted by atomic mass is 16.5. The van der Waals surface area contributed by atoms with Crippen LogP contribution in [-0.2, 0) is 19.7 Å². The second-order valence-corrected chi connectivity index (χ2v) is 8.29. The first-order valence-corrected chi connectivity index (χ1v) is 11.5. The fourth-order valence-electron chi connectivity index (χ4n) is 4.60. The Hall–Kier alpha value is -2.28. The number of ether oxygens (including phenoxy) is 3. The molecule has 172 valence electrons. The van der Waals surface area contributed by atoms with Gasteiger partial charge in [0.05, 0.1) is 19.1 Å². The number of aliphatic imine (C=N–C) groups is 1. The van der Waals surface area contributed by atoms with Gasteiger partial charge in [0.2, 0.25) is 0 Å². The van der Waals surface area contributed by atoms with Crippen molar-refractivity contribution in [1.29, 1.82) is 0 Å². The zero-order chi connectivity index (χ0) is 22.1. The van der Waals surface area contributed by atoms with Gasteiger partial charge in [-0.2, -0.15) is 0 Å². The second kappa shape index (κ2) is 11.4. The number of carbonyl (C=O) groups is 1. The van der Waals surface area contributed by atoms with Crippen molar-refractivity contribution < 1.29 is 19.0 Å². The average Bonchev–Trinajstić information content (AvgIpc) is 2.81. The largest absolute Gasteiger partial charge is 0.494 e. The van der Waals surface area contributed by atoms with Gasteiger partial charge in [0.15, 0.2) is 5.96 Å². The molecule has 1 unspecified atom stereocenters. The van der Waals surface area contributed by atoms with E-state index in [1.807, 2.05) is 20.9 Å². The minimum atomic E-state index is -0.0991. The SMILES string of the molecule is CCOC(=O)C1CCCN(C(=NC)NCC2(c3ccc(OCC)cc3)CCOCC2)C1. The van der Waals surface area contributed by atoms with Crippen LogP contribution in [0.2, 0.25) is 0 Å². The molecule has 0 aliphatic carbocycles. The van der Waals surface area contributed by atoms with E-state index in [9.17, 15) is 4.79 Å². The number of esters is 1. The van der Waals surface area contributed by atoms with Gasteiger partial charge in [-0.1, -0.05) is 12.1 Å². The summed E-state index contributed by atoms with van der Waals surface area (Å²) in [6.07, 6.45) is 3.74. The molecule has 2 saturated heterocycles. The monoisotopic (exact) mass is 431 g/mol. The molecule has 7 nitrogen and oxygen atoms in total. The Morgan fingerprint density at radius 2 is 1.97 bits per heavy atom. The zero-order valence-electron chi connectivity index (χ0n) is 19.2. The summed E-state index contributed by atoms with van der Waals surface area (Å²) in [5.74, 6) is 1.56. The summed E-state index contributed by atoms with van der Waals surface area (Å²) < 4.78 is 16.5. The Labute approximate surface area is 186 Å². The van der Waals surface area contributed by atoms with Crippen molar-refractivity contribution in [2.75, 3.05) is 53.1 Å². The first kappa shape index (κ1) is 23.4. The lowest BCUT2D eigenvalue weighted by molar-refractivity contribution is -0.149. The fourth-order valence-corrected chi connectivity index (χ4v) is 4.60. The first-order valence-electron chi connectivity index (χ1n) is 11.5. The number of piperidine rings is 1. The summed E-state index contributed by atoms with van der Waals surface area (Å²) in [7, 11) is 1.81. The number of hydrogen-bond donors (Lipinski definition) is 1. The van der Waals surface area contributed by atoms with E-state index in [1.165, 1.54) is 5.56 Å². The number of carbonyl (C=O) groups excluding carboxylic acids is 1. The molecule has 1 N–H and O–H groups in total. The molecule has 0 aromatic heterocycles. The molecular formula is C24H37N3O4. The molecule has 0 bridgehead atoms. The number of likely N-dealkylation sites (tertiary alicyclic amines) is 1. The van der Waals surface area contributed by atoms with E-state index in [-0.39, 0.29) is 17.3 Å². The van der Waals surface area contributed by atoms with Crippen LogP contribution in [0.15, 0.2) is 29.3 Å². The standard InChI is InChI=1S/C24H37N3O4/c1-4-30-21-10-8-20(9-11-21)24(12-15-29-16-13-24)18-26-23(25-3)27-14-6-7-19(17-27)22(28)31-5-2/h8-11,19H,4-7,12-18H2,1-3H3,(H,25,26). The topological polar surface area (TPSA) is 72.4 Å². The number of hydrogen-bond acceptors (Lipinski definition) is 5. The molecule has 7 heteroatoms. The van der Waals surface area contributed by atoms with Crippen LogP contribution in [0.4, 0.5) is 0 Å². The molecular weight excluding hydrogens is 394 g/mol. The van der Waals surface area contributed by atoms with Gasteiger partial charge in [-0.25, -0.2) is 0 Å². The Morgan fingerprint density at radius 1 is 1.23 bits per heavy atom. The highest BCUT2D eigenvalue weighted by molar-refractivity contribution is 5.81. The summed E-state index contributed by atoms with van der Waals surface area (Å²) in [6.45, 7) is 8.77. The van der Waals surface area contributed by atoms with E-state index < -0.39 is 0 Å². The van der Waals surface area contributed by atoms with E-state index in [0.29, 0.717) is 19.8 Å². The van der Waals surface area contributed by atoms with E-state index in [4.69, 9.17) is 14.2 Å². The molecule has 3 rings (SSSR count). The third-order valence-electron chi connectivity index (χ3n) is 6.37. The minimum Gasteiger partial charge on any atom is -0.494 e. The van der Waals surface area contributed by atoms with Crippen LogP contribution in [0.25, 0.3) is 0 Å². The zero-order valence-corrected chi connectivity index (χ0v) is 19.2. The Bertz CT molecular complexity index is 729. The lowest BCUT2D eigenvalue weighted by atomic mass is 9.74. The van der Waals surface area contributed by atoms with E-state index in [0.717, 1.165) is 63.7 Å². The van der Waals surface area contributed by atoms with Gasteiger partial charge >= 0.3 is 5.97 Å². The number of benzene rings is 1. The number of nitrogens with one attached hydrogen (secondary N) is 1. The van der Waals surface area contributed by atoms with E-state index in [1.54, 1.807) is 0 Å². The van der Waals surface area contributed by atoms with Gasteiger partial charge in [-0.15, -0.1) is 0 Å². The molecule has 0 radical (unpaired) electrons. The summed E-state index contributed by atoms with van der Waals surface area (Å²) in [5, 5.41) is 3.62. The van der Waals surface area contributed by atoms with Gasteiger partial charge in [0.25, 0.3) is 0 Å². The average molecular weight is 432 g/mol. The van der Waals surface area contributed by atoms with Crippen molar-refractivity contribution in [3.05, 3.63) is 29.8 Å². The highest BCUT2D eigenvalue weighted by Gasteiger charge is 2.36. The molecule has 1 aromatic carbocycles. The number of rotatable bonds is 7. The highest BCUT2D eigenvalue weighted by Crippen LogP contribution is 2.35. The van der Waals surface area contributed by atoms with Crippen LogP contribution in [0.1, 0.15) is 45.1 Å². The van der Waals surface area contributed by atoms with E-state index >= 15 is 0 Å². The van der Waals surface area contributed by atoms with Gasteiger partial charge in [0.1, 0.15) is 5.75 Å². The maximum Gasteiger partial charge on any atom is 0.310 e. The predicted molar refractivity (Wildman–Crippen MR) is 122 cm³/mol. The third kappa shape index (κ3) is 5.91. The second-order valence-electron chi connectivity index (χ2n) is 8.29. The molecule has 2 fully saturated rings. The normalized spacial score (nSPS) is 21.5. The van der Waals surface area contributed by atoms with Crippen molar-refractivity contribution in [3.8, 4) is 5.75 Å². The fraction of sp³-hybridized carbons (Fsp3) is 0.667. The lowest BCUT2D eigenvalue weighted by Crippen LogP contribution is -2.52. The van der Waals surface area contributed by atoms with E-state index in [2.05, 4.69) is 39.5 Å². The van der Waals surface area contributed by atoms with Crippen LogP contribution in [-0.4, -0.2) is 69.9 Å². The minimum absolute atomic E-state index is 0.0186. The number of nitrogens with zero attached hydrogens (tertiary/aromatic N) is 2. The van der Waals surface area contributed by atoms with Crippen molar-refractivity contribution in [3.63, 3.8) is 0 Å². The summed E-state index contributed by atoms with van der Waals surface area (Å²) in [6, 6.07) is 8.47. The maximum atomic E-state index is 12.2. The smallest absolute Gasteiger partial charge is 0.310 e. The Balaban J connectivity index is 1.69. The van der Waals surface area contributed by atoms with Gasteiger partial charge in [-0.3, -0.25) is 9.79 Å². The molecule has 0 amide bonds.